The summed E-state index contributed by atoms with van der Waals surface area (Å²) in [7, 11) is 1.94. The number of hydrogen-bond donors (Lipinski definition) is 1. The van der Waals surface area contributed by atoms with E-state index in [1.54, 1.807) is 18.5 Å². The number of halogens is 1. The molecule has 4 heteroatoms. The van der Waals surface area contributed by atoms with Gasteiger partial charge in [-0.15, -0.1) is 0 Å². The Bertz CT molecular complexity index is 405. The van der Waals surface area contributed by atoms with E-state index >= 15 is 0 Å². The molecule has 0 bridgehead atoms. The molecule has 0 aliphatic carbocycles. The van der Waals surface area contributed by atoms with Gasteiger partial charge in [-0.2, -0.15) is 0 Å². The molecule has 0 aromatic heterocycles. The summed E-state index contributed by atoms with van der Waals surface area (Å²) >= 11 is 0. The van der Waals surface area contributed by atoms with Crippen LogP contribution in [0.25, 0.3) is 0 Å². The molecule has 94 valence electrons. The molecule has 0 amide bonds. The van der Waals surface area contributed by atoms with Crippen LogP contribution in [0.4, 0.5) is 10.1 Å². The Kier molecular flexibility index (Phi) is 4.94. The van der Waals surface area contributed by atoms with Crippen LogP contribution in [0.1, 0.15) is 24.5 Å². The van der Waals surface area contributed by atoms with Gasteiger partial charge in [0.2, 0.25) is 0 Å². The zero-order valence-corrected chi connectivity index (χ0v) is 10.6. The first-order chi connectivity index (χ1) is 8.08. The van der Waals surface area contributed by atoms with Crippen molar-refractivity contribution in [1.82, 2.24) is 4.90 Å². The first-order valence-corrected chi connectivity index (χ1v) is 5.71. The van der Waals surface area contributed by atoms with Gasteiger partial charge in [-0.3, -0.25) is 0 Å². The van der Waals surface area contributed by atoms with Crippen LogP contribution >= 0.6 is 0 Å². The summed E-state index contributed by atoms with van der Waals surface area (Å²) in [6.45, 7) is 4.18. The Morgan fingerprint density at radius 3 is 2.76 bits per heavy atom. The summed E-state index contributed by atoms with van der Waals surface area (Å²) in [6, 6.07) is 3.13. The second-order valence-corrected chi connectivity index (χ2v) is 4.13. The van der Waals surface area contributed by atoms with Gasteiger partial charge in [0.15, 0.2) is 0 Å². The summed E-state index contributed by atoms with van der Waals surface area (Å²) < 4.78 is 12.6. The molecular formula is C13H19FN2O. The highest BCUT2D eigenvalue weighted by atomic mass is 19.1. The zero-order chi connectivity index (χ0) is 12.8. The van der Waals surface area contributed by atoms with Crippen LogP contribution < -0.4 is 0 Å². The SMILES string of the molecule is CCCN(C)C=Nc1cc(CF)c(O)cc1C. The molecule has 0 aliphatic heterocycles. The Morgan fingerprint density at radius 2 is 2.18 bits per heavy atom. The number of aromatic hydroxyl groups is 1. The molecule has 1 aromatic rings. The average molecular weight is 238 g/mol. The maximum absolute atomic E-state index is 12.6. The van der Waals surface area contributed by atoms with Crippen LogP contribution in [0, 0.1) is 6.92 Å². The number of aliphatic imine (C=N–C) groups is 1. The van der Waals surface area contributed by atoms with Crippen LogP contribution in [0.2, 0.25) is 0 Å². The summed E-state index contributed by atoms with van der Waals surface area (Å²) in [5, 5.41) is 9.48. The normalized spacial score (nSPS) is 11.1. The van der Waals surface area contributed by atoms with Gasteiger partial charge in [0.1, 0.15) is 12.4 Å². The molecule has 0 radical (unpaired) electrons. The number of aryl methyl sites for hydroxylation is 1. The zero-order valence-electron chi connectivity index (χ0n) is 10.6. The van der Waals surface area contributed by atoms with E-state index < -0.39 is 6.67 Å². The van der Waals surface area contributed by atoms with Crippen molar-refractivity contribution in [3.05, 3.63) is 23.3 Å². The van der Waals surface area contributed by atoms with Crippen LogP contribution in [0.3, 0.4) is 0 Å². The fourth-order valence-electron chi connectivity index (χ4n) is 1.54. The molecule has 17 heavy (non-hydrogen) atoms. The Morgan fingerprint density at radius 1 is 1.47 bits per heavy atom. The minimum absolute atomic E-state index is 0.00846. The van der Waals surface area contributed by atoms with E-state index in [4.69, 9.17) is 0 Å². The second-order valence-electron chi connectivity index (χ2n) is 4.13. The van der Waals surface area contributed by atoms with Gasteiger partial charge in [-0.1, -0.05) is 6.92 Å². The predicted molar refractivity (Wildman–Crippen MR) is 68.7 cm³/mol. The molecule has 0 heterocycles. The van der Waals surface area contributed by atoms with E-state index in [1.165, 1.54) is 0 Å². The van der Waals surface area contributed by atoms with Gasteiger partial charge in [0.25, 0.3) is 0 Å². The van der Waals surface area contributed by atoms with Gasteiger partial charge >= 0.3 is 0 Å². The van der Waals surface area contributed by atoms with Crippen LogP contribution in [-0.4, -0.2) is 29.9 Å². The van der Waals surface area contributed by atoms with E-state index in [0.717, 1.165) is 18.5 Å². The maximum atomic E-state index is 12.6. The summed E-state index contributed by atoms with van der Waals surface area (Å²) in [6.07, 6.45) is 2.78. The Hall–Kier alpha value is -1.58. The minimum atomic E-state index is -0.681. The fraction of sp³-hybridized carbons (Fsp3) is 0.462. The molecule has 0 saturated heterocycles. The van der Waals surface area contributed by atoms with E-state index in [0.29, 0.717) is 5.69 Å². The fourth-order valence-corrected chi connectivity index (χ4v) is 1.54. The third kappa shape index (κ3) is 3.73. The molecule has 1 N–H and O–H groups in total. The lowest BCUT2D eigenvalue weighted by atomic mass is 10.1. The third-order valence-corrected chi connectivity index (χ3v) is 2.51. The summed E-state index contributed by atoms with van der Waals surface area (Å²) in [5.74, 6) is -0.00846. The molecule has 0 atom stereocenters. The van der Waals surface area contributed by atoms with Crippen molar-refractivity contribution in [3.63, 3.8) is 0 Å². The van der Waals surface area contributed by atoms with Crippen molar-refractivity contribution >= 4 is 12.0 Å². The van der Waals surface area contributed by atoms with Crippen molar-refractivity contribution in [1.29, 1.82) is 0 Å². The first-order valence-electron chi connectivity index (χ1n) is 5.71. The quantitative estimate of drug-likeness (QED) is 0.631. The van der Waals surface area contributed by atoms with Crippen molar-refractivity contribution in [2.24, 2.45) is 4.99 Å². The summed E-state index contributed by atoms with van der Waals surface area (Å²) in [5.41, 5.74) is 1.81. The van der Waals surface area contributed by atoms with Crippen molar-refractivity contribution in [3.8, 4) is 5.75 Å². The largest absolute Gasteiger partial charge is 0.508 e. The lowest BCUT2D eigenvalue weighted by Crippen LogP contribution is -2.16. The van der Waals surface area contributed by atoms with Crippen molar-refractivity contribution in [2.75, 3.05) is 13.6 Å². The molecule has 0 unspecified atom stereocenters. The number of benzene rings is 1. The van der Waals surface area contributed by atoms with Gasteiger partial charge in [0, 0.05) is 19.2 Å². The minimum Gasteiger partial charge on any atom is -0.508 e. The standard InChI is InChI=1S/C13H19FN2O/c1-4-5-16(3)9-15-12-7-11(8-14)13(17)6-10(12)2/h6-7,9,17H,4-5,8H2,1-3H3. The number of hydrogen-bond acceptors (Lipinski definition) is 2. The van der Waals surface area contributed by atoms with E-state index in [2.05, 4.69) is 11.9 Å². The molecular weight excluding hydrogens is 219 g/mol. The van der Waals surface area contributed by atoms with Gasteiger partial charge < -0.3 is 10.0 Å². The van der Waals surface area contributed by atoms with E-state index in [1.807, 2.05) is 18.9 Å². The molecule has 0 fully saturated rings. The molecule has 0 aliphatic rings. The molecule has 0 spiro atoms. The molecule has 3 nitrogen and oxygen atoms in total. The van der Waals surface area contributed by atoms with Gasteiger partial charge in [0.05, 0.1) is 12.0 Å². The van der Waals surface area contributed by atoms with Gasteiger partial charge in [-0.05, 0) is 31.0 Å². The predicted octanol–water partition coefficient (Wildman–Crippen LogP) is 3.17. The average Bonchev–Trinajstić information content (AvgIpc) is 2.28. The van der Waals surface area contributed by atoms with Crippen molar-refractivity contribution in [2.45, 2.75) is 26.9 Å². The second kappa shape index (κ2) is 6.23. The first kappa shape index (κ1) is 13.5. The molecule has 1 aromatic carbocycles. The van der Waals surface area contributed by atoms with E-state index in [9.17, 15) is 9.50 Å². The van der Waals surface area contributed by atoms with Crippen LogP contribution in [0.15, 0.2) is 17.1 Å². The summed E-state index contributed by atoms with van der Waals surface area (Å²) in [4.78, 5) is 6.27. The third-order valence-electron chi connectivity index (χ3n) is 2.51. The topological polar surface area (TPSA) is 35.8 Å². The van der Waals surface area contributed by atoms with Gasteiger partial charge in [-0.25, -0.2) is 9.38 Å². The Balaban J connectivity index is 2.90. The highest BCUT2D eigenvalue weighted by molar-refractivity contribution is 5.64. The van der Waals surface area contributed by atoms with Crippen LogP contribution in [-0.2, 0) is 6.67 Å². The molecule has 0 saturated carbocycles. The highest BCUT2D eigenvalue weighted by Crippen LogP contribution is 2.28. The lowest BCUT2D eigenvalue weighted by Gasteiger charge is -2.11. The number of phenols is 1. The number of phenolic OH excluding ortho intramolecular Hbond substituents is 1. The lowest BCUT2D eigenvalue weighted by molar-refractivity contribution is 0.432. The maximum Gasteiger partial charge on any atom is 0.121 e. The van der Waals surface area contributed by atoms with Crippen molar-refractivity contribution < 1.29 is 9.50 Å². The number of alkyl halides is 1. The monoisotopic (exact) mass is 238 g/mol. The van der Waals surface area contributed by atoms with E-state index in [-0.39, 0.29) is 11.3 Å². The number of rotatable bonds is 5. The van der Waals surface area contributed by atoms with Crippen LogP contribution in [0.5, 0.6) is 5.75 Å². The molecule has 1 rings (SSSR count). The smallest absolute Gasteiger partial charge is 0.121 e. The highest BCUT2D eigenvalue weighted by Gasteiger charge is 2.05. The number of nitrogens with zero attached hydrogens (tertiary/aromatic N) is 2. The Labute approximate surface area is 102 Å².